The number of hydrogen-bond donors (Lipinski definition) is 5. The van der Waals surface area contributed by atoms with Gasteiger partial charge in [0.2, 0.25) is 0 Å². The zero-order chi connectivity index (χ0) is 8.41. The summed E-state index contributed by atoms with van der Waals surface area (Å²) in [5.41, 5.74) is 0. The molecular weight excluding hydrogens is 218 g/mol. The summed E-state index contributed by atoms with van der Waals surface area (Å²) in [5, 5.41) is 1.68. The highest BCUT2D eigenvalue weighted by molar-refractivity contribution is 8.45. The fraction of sp³-hybridized carbons (Fsp3) is 0. The van der Waals surface area contributed by atoms with Crippen LogP contribution in [-0.2, 0) is 20.7 Å². The van der Waals surface area contributed by atoms with Crippen molar-refractivity contribution >= 4 is 37.5 Å². The zero-order valence-corrected chi connectivity index (χ0v) is 8.04. The van der Waals surface area contributed by atoms with Crippen molar-refractivity contribution in [1.29, 1.82) is 0 Å². The van der Waals surface area contributed by atoms with Crippen molar-refractivity contribution in [2.45, 2.75) is 0 Å². The molecule has 0 aliphatic rings. The van der Waals surface area contributed by atoms with Gasteiger partial charge in [-0.15, -0.1) is 0 Å². The van der Waals surface area contributed by atoms with E-state index in [2.05, 4.69) is 34.2 Å². The average molecular weight is 224 g/mol. The van der Waals surface area contributed by atoms with Crippen LogP contribution >= 0.6 is 25.7 Å². The number of nitrogens with one attached hydrogen (secondary N) is 1. The molecule has 0 bridgehead atoms. The third kappa shape index (κ3) is 5.79. The van der Waals surface area contributed by atoms with E-state index in [1.807, 2.05) is 0 Å². The van der Waals surface area contributed by atoms with Gasteiger partial charge in [0, 0.05) is 0 Å². The molecule has 62 valence electrons. The predicted molar refractivity (Wildman–Crippen MR) is 43.7 cm³/mol. The van der Waals surface area contributed by atoms with E-state index in [0.29, 0.717) is 0 Å². The normalized spacial score (nSPS) is 23.2. The summed E-state index contributed by atoms with van der Waals surface area (Å²) >= 11 is 7.32. The average Bonchev–Trinajstić information content (AvgIpc) is 1.60. The summed E-state index contributed by atoms with van der Waals surface area (Å²) in [6, 6.07) is 0. The third-order valence-electron chi connectivity index (χ3n) is 0.380. The molecule has 5 N–H and O–H groups in total. The molecule has 0 heterocycles. The first-order valence-corrected chi connectivity index (χ1v) is 7.25. The third-order valence-corrected chi connectivity index (χ3v) is 4.02. The maximum Gasteiger partial charge on any atom is 0.390 e. The highest BCUT2D eigenvalue weighted by Gasteiger charge is 2.23. The zero-order valence-electron chi connectivity index (χ0n) is 4.54. The van der Waals surface area contributed by atoms with Crippen LogP contribution in [0.25, 0.3) is 0 Å². The van der Waals surface area contributed by atoms with Crippen LogP contribution in [0.5, 0.6) is 0 Å². The van der Waals surface area contributed by atoms with Crippen LogP contribution in [0.3, 0.4) is 0 Å². The Kier molecular flexibility index (Phi) is 3.99. The molecule has 0 radical (unpaired) electrons. The van der Waals surface area contributed by atoms with Gasteiger partial charge in [0.1, 0.15) is 0 Å². The van der Waals surface area contributed by atoms with Gasteiger partial charge in [-0.05, 0) is 11.8 Å². The second kappa shape index (κ2) is 3.62. The maximum atomic E-state index is 10.3. The maximum absolute atomic E-state index is 10.3. The molecule has 0 aromatic rings. The van der Waals surface area contributed by atoms with Crippen molar-refractivity contribution in [2.24, 2.45) is 5.84 Å². The molecule has 0 fully saturated rings. The first kappa shape index (κ1) is 11.0. The van der Waals surface area contributed by atoms with E-state index >= 15 is 0 Å². The van der Waals surface area contributed by atoms with E-state index in [1.54, 1.807) is 5.20 Å². The fourth-order valence-corrected chi connectivity index (χ4v) is 3.72. The molecule has 10 heteroatoms. The van der Waals surface area contributed by atoms with Crippen molar-refractivity contribution in [3.8, 4) is 0 Å². The largest absolute Gasteiger partial charge is 0.390 e. The minimum absolute atomic E-state index is 1.68. The lowest BCUT2D eigenvalue weighted by atomic mass is 13.0. The second-order valence-corrected chi connectivity index (χ2v) is 7.16. The smallest absolute Gasteiger partial charge is 0.333 e. The Morgan fingerprint density at radius 3 is 2.20 bits per heavy atom. The van der Waals surface area contributed by atoms with Crippen LogP contribution in [0.4, 0.5) is 0 Å². The molecule has 2 atom stereocenters. The summed E-state index contributed by atoms with van der Waals surface area (Å²) in [5.74, 6) is 4.67. The summed E-state index contributed by atoms with van der Waals surface area (Å²) < 4.78 is 14.3. The second-order valence-electron chi connectivity index (χ2n) is 1.22. The Morgan fingerprint density at radius 2 is 2.10 bits per heavy atom. The Balaban J connectivity index is 4.17. The molecule has 0 aromatic carbocycles. The SMILES string of the molecule is NNP(O)(=S)OP(=O)(O)S. The van der Waals surface area contributed by atoms with Crippen molar-refractivity contribution < 1.29 is 18.7 Å². The van der Waals surface area contributed by atoms with Gasteiger partial charge in [0.25, 0.3) is 6.64 Å². The number of hydrazine groups is 1. The molecular formula is H6N2O4P2S2. The lowest BCUT2D eigenvalue weighted by molar-refractivity contribution is 0.387. The molecule has 0 aliphatic heterocycles. The molecule has 0 saturated heterocycles. The van der Waals surface area contributed by atoms with Crippen LogP contribution in [0.2, 0.25) is 0 Å². The van der Waals surface area contributed by atoms with Gasteiger partial charge in [-0.2, -0.15) is 5.20 Å². The molecule has 0 amide bonds. The number of nitrogens with two attached hydrogens (primary N) is 1. The van der Waals surface area contributed by atoms with Gasteiger partial charge in [-0.3, -0.25) is 5.84 Å². The van der Waals surface area contributed by atoms with Gasteiger partial charge in [0.05, 0.1) is 0 Å². The van der Waals surface area contributed by atoms with Crippen molar-refractivity contribution in [2.75, 3.05) is 0 Å². The predicted octanol–water partition coefficient (Wildman–Crippen LogP) is -0.287. The summed E-state index contributed by atoms with van der Waals surface area (Å²) in [7, 11) is 0. The number of hydrogen-bond acceptors (Lipinski definition) is 4. The van der Waals surface area contributed by atoms with Crippen LogP contribution in [0.1, 0.15) is 0 Å². The summed E-state index contributed by atoms with van der Waals surface area (Å²) in [6.45, 7) is -7.58. The van der Waals surface area contributed by atoms with Crippen LogP contribution in [0.15, 0.2) is 0 Å². The van der Waals surface area contributed by atoms with E-state index in [-0.39, 0.29) is 0 Å². The fourth-order valence-electron chi connectivity index (χ4n) is 0.168. The molecule has 6 nitrogen and oxygen atoms in total. The summed E-state index contributed by atoms with van der Waals surface area (Å²) in [6.07, 6.45) is 0. The van der Waals surface area contributed by atoms with Gasteiger partial charge in [-0.1, -0.05) is 12.2 Å². The van der Waals surface area contributed by atoms with Crippen LogP contribution in [-0.4, -0.2) is 9.79 Å². The van der Waals surface area contributed by atoms with Crippen molar-refractivity contribution in [1.82, 2.24) is 5.20 Å². The van der Waals surface area contributed by atoms with E-state index in [4.69, 9.17) is 9.79 Å². The molecule has 0 saturated carbocycles. The topological polar surface area (TPSA) is 105 Å². The van der Waals surface area contributed by atoms with Crippen LogP contribution in [0, 0.1) is 0 Å². The minimum Gasteiger partial charge on any atom is -0.333 e. The number of rotatable bonds is 3. The Morgan fingerprint density at radius 1 is 1.70 bits per heavy atom. The lowest BCUT2D eigenvalue weighted by Crippen LogP contribution is -2.18. The standard InChI is InChI=1S/H6N2O4P2S2/c1-2-7(3,9)6-8(4,5)10/h1H2,(H2,2,3,9)(H2,4,5,10). The van der Waals surface area contributed by atoms with E-state index < -0.39 is 13.4 Å². The van der Waals surface area contributed by atoms with E-state index in [0.717, 1.165) is 0 Å². The molecule has 0 rings (SSSR count). The van der Waals surface area contributed by atoms with Gasteiger partial charge in [0.15, 0.2) is 0 Å². The van der Waals surface area contributed by atoms with E-state index in [1.165, 1.54) is 0 Å². The first-order chi connectivity index (χ1) is 4.27. The molecule has 0 spiro atoms. The number of thiol groups is 1. The molecule has 0 aromatic heterocycles. The Hall–Kier alpha value is 1.03. The quantitative estimate of drug-likeness (QED) is 0.194. The van der Waals surface area contributed by atoms with Crippen LogP contribution < -0.4 is 11.0 Å². The molecule has 0 aliphatic carbocycles. The van der Waals surface area contributed by atoms with Crippen molar-refractivity contribution in [3.05, 3.63) is 0 Å². The highest BCUT2D eigenvalue weighted by atomic mass is 32.7. The molecule has 10 heavy (non-hydrogen) atoms. The minimum atomic E-state index is -4.06. The van der Waals surface area contributed by atoms with Gasteiger partial charge < -0.3 is 9.79 Å². The first-order valence-electron chi connectivity index (χ1n) is 1.84. The monoisotopic (exact) mass is 224 g/mol. The Bertz CT molecular complexity index is 197. The van der Waals surface area contributed by atoms with Gasteiger partial charge >= 0.3 is 6.80 Å². The van der Waals surface area contributed by atoms with Crippen molar-refractivity contribution in [3.63, 3.8) is 0 Å². The lowest BCUT2D eigenvalue weighted by Gasteiger charge is -2.13. The van der Waals surface area contributed by atoms with Gasteiger partial charge in [-0.25, -0.2) is 8.88 Å². The summed E-state index contributed by atoms with van der Waals surface area (Å²) in [4.78, 5) is 17.1. The highest BCUT2D eigenvalue weighted by Crippen LogP contribution is 2.59. The molecule has 2 unspecified atom stereocenters. The van der Waals surface area contributed by atoms with E-state index in [9.17, 15) is 4.57 Å². The Labute approximate surface area is 67.7 Å².